The molecule has 1 aromatic carbocycles. The molecule has 6 N–H and O–H groups in total. The summed E-state index contributed by atoms with van der Waals surface area (Å²) in [5.41, 5.74) is 0.439. The predicted octanol–water partition coefficient (Wildman–Crippen LogP) is -0.613. The lowest BCUT2D eigenvalue weighted by Crippen LogP contribution is -2.53. The number of rotatable bonds is 23. The Morgan fingerprint density at radius 1 is 0.767 bits per heavy atom. The van der Waals surface area contributed by atoms with Crippen LogP contribution in [-0.2, 0) is 52.8 Å². The number of unbranched alkanes of at least 4 members (excludes halogenated alkanes) is 1. The number of nitrogens with one attached hydrogen (secondary N) is 2. The second-order valence-corrected chi connectivity index (χ2v) is 15.4. The van der Waals surface area contributed by atoms with Crippen LogP contribution in [0.15, 0.2) is 24.3 Å². The Morgan fingerprint density at radius 3 is 1.88 bits per heavy atom. The van der Waals surface area contributed by atoms with Crippen LogP contribution in [0.25, 0.3) is 0 Å². The molecule has 60 heavy (non-hydrogen) atoms. The van der Waals surface area contributed by atoms with E-state index in [9.17, 15) is 73.2 Å². The highest BCUT2D eigenvalue weighted by Crippen LogP contribution is 2.31. The van der Waals surface area contributed by atoms with Gasteiger partial charge in [0.1, 0.15) is 45.3 Å². The minimum absolute atomic E-state index is 0.0929. The maximum Gasteiger partial charge on any atom is 0.335 e. The Hall–Kier alpha value is -5.88. The molecule has 3 rings (SSSR count). The number of halogens is 1. The molecule has 1 atom stereocenters. The molecule has 6 amide bonds. The number of nitrogens with zero attached hydrogens (tertiary/aromatic N) is 4. The van der Waals surface area contributed by atoms with Crippen molar-refractivity contribution >= 4 is 87.9 Å². The highest BCUT2D eigenvalue weighted by Gasteiger charge is 2.37. The molecule has 22 nitrogen and oxygen atoms in total. The zero-order chi connectivity index (χ0) is 44.5. The molecule has 2 aliphatic rings. The number of aliphatic carboxylic acids is 4. The molecule has 1 heterocycles. The number of hydroxylamine groups is 2. The van der Waals surface area contributed by atoms with Crippen LogP contribution in [-0.4, -0.2) is 164 Å². The third-order valence-electron chi connectivity index (χ3n) is 9.55. The molecule has 2 fully saturated rings. The van der Waals surface area contributed by atoms with E-state index >= 15 is 0 Å². The zero-order valence-electron chi connectivity index (χ0n) is 32.4. The summed E-state index contributed by atoms with van der Waals surface area (Å²) < 4.78 is 0.857. The highest BCUT2D eigenvalue weighted by molar-refractivity contribution is 14.1. The van der Waals surface area contributed by atoms with Crippen LogP contribution in [0.2, 0.25) is 0 Å². The Balaban J connectivity index is 1.59. The van der Waals surface area contributed by atoms with E-state index in [4.69, 9.17) is 4.84 Å². The second-order valence-electron chi connectivity index (χ2n) is 14.2. The fraction of sp³-hybridized carbons (Fsp3) is 0.541. The molecule has 1 aliphatic heterocycles. The number of amides is 6. The molecule has 0 aromatic heterocycles. The van der Waals surface area contributed by atoms with Crippen LogP contribution in [0, 0.1) is 15.4 Å². The lowest BCUT2D eigenvalue weighted by molar-refractivity contribution is -0.197. The Bertz CT molecular complexity index is 1820. The van der Waals surface area contributed by atoms with Crippen molar-refractivity contribution in [1.82, 2.24) is 30.4 Å². The number of hydrogen-bond donors (Lipinski definition) is 6. The minimum atomic E-state index is -1.63. The van der Waals surface area contributed by atoms with E-state index in [0.717, 1.165) is 8.63 Å². The van der Waals surface area contributed by atoms with Gasteiger partial charge in [-0.1, -0.05) is 6.07 Å². The first kappa shape index (κ1) is 48.5. The third-order valence-corrected chi connectivity index (χ3v) is 10.2. The van der Waals surface area contributed by atoms with Crippen molar-refractivity contribution in [3.63, 3.8) is 0 Å². The largest absolute Gasteiger partial charge is 0.480 e. The van der Waals surface area contributed by atoms with E-state index in [0.29, 0.717) is 33.1 Å². The van der Waals surface area contributed by atoms with Crippen molar-refractivity contribution in [1.29, 1.82) is 0 Å². The van der Waals surface area contributed by atoms with Gasteiger partial charge >= 0.3 is 29.8 Å². The standard InChI is InChI=1S/C37H47IN6O16/c38-25-6-3-5-24(15-25)34(55)39-13-2-1-7-26(36(57)58)40-27(45)16-41(19-31(49)50)29(47)17-42(20-32(51)52)30(48)18-43(21-33(53)54)35(56)22-9-11-23(12-10-22)37(59)60-44-14-4-8-28(44)46/h3,5-6,15,22-23,26H,1-2,4,7-14,16-21H2,(H,39,55)(H,40,45)(H,49,50)(H,51,52)(H,53,54)(H,57,58)/t22?,23?,26-/m1/s1. The van der Waals surface area contributed by atoms with Crippen LogP contribution in [0.4, 0.5) is 0 Å². The number of carboxylic acid groups (broad SMARTS) is 4. The van der Waals surface area contributed by atoms with Gasteiger partial charge in [-0.15, -0.1) is 0 Å². The summed E-state index contributed by atoms with van der Waals surface area (Å²) in [6.45, 7) is -5.92. The summed E-state index contributed by atoms with van der Waals surface area (Å²) in [7, 11) is 0. The maximum absolute atomic E-state index is 13.5. The summed E-state index contributed by atoms with van der Waals surface area (Å²) in [6.07, 6.45) is 1.74. The summed E-state index contributed by atoms with van der Waals surface area (Å²) in [5.74, 6) is -13.3. The van der Waals surface area contributed by atoms with Crippen LogP contribution >= 0.6 is 22.6 Å². The van der Waals surface area contributed by atoms with Crippen LogP contribution in [0.3, 0.4) is 0 Å². The number of benzene rings is 1. The molecule has 1 aliphatic carbocycles. The van der Waals surface area contributed by atoms with Crippen LogP contribution < -0.4 is 10.6 Å². The van der Waals surface area contributed by atoms with Gasteiger partial charge in [0.05, 0.1) is 12.5 Å². The van der Waals surface area contributed by atoms with Gasteiger partial charge in [0.15, 0.2) is 0 Å². The minimum Gasteiger partial charge on any atom is -0.480 e. The van der Waals surface area contributed by atoms with Crippen molar-refractivity contribution in [2.75, 3.05) is 52.4 Å². The summed E-state index contributed by atoms with van der Waals surface area (Å²) in [4.78, 5) is 144. The van der Waals surface area contributed by atoms with Crippen molar-refractivity contribution in [2.45, 2.75) is 63.8 Å². The van der Waals surface area contributed by atoms with Gasteiger partial charge in [-0.3, -0.25) is 43.2 Å². The molecular formula is C37H47IN6O16. The number of carboxylic acids is 4. The first-order valence-electron chi connectivity index (χ1n) is 18.9. The van der Waals surface area contributed by atoms with Crippen molar-refractivity contribution in [2.24, 2.45) is 11.8 Å². The van der Waals surface area contributed by atoms with Crippen LogP contribution in [0.1, 0.15) is 68.1 Å². The van der Waals surface area contributed by atoms with Gasteiger partial charge in [-0.2, -0.15) is 5.06 Å². The first-order chi connectivity index (χ1) is 28.3. The molecule has 0 unspecified atom stereocenters. The lowest BCUT2D eigenvalue weighted by atomic mass is 9.81. The smallest absolute Gasteiger partial charge is 0.335 e. The first-order valence-corrected chi connectivity index (χ1v) is 20.0. The molecule has 1 saturated heterocycles. The van der Waals surface area contributed by atoms with E-state index in [1.807, 2.05) is 6.07 Å². The fourth-order valence-corrected chi connectivity index (χ4v) is 7.05. The van der Waals surface area contributed by atoms with Gasteiger partial charge in [0, 0.05) is 28.0 Å². The average Bonchev–Trinajstić information content (AvgIpc) is 3.58. The van der Waals surface area contributed by atoms with Gasteiger partial charge in [0.25, 0.3) is 11.8 Å². The average molecular weight is 959 g/mol. The van der Waals surface area contributed by atoms with E-state index in [1.54, 1.807) is 18.2 Å². The van der Waals surface area contributed by atoms with E-state index in [2.05, 4.69) is 33.2 Å². The molecular weight excluding hydrogens is 911 g/mol. The van der Waals surface area contributed by atoms with Gasteiger partial charge in [-0.05, 0) is 92.2 Å². The van der Waals surface area contributed by atoms with E-state index in [1.165, 1.54) is 0 Å². The highest BCUT2D eigenvalue weighted by atomic mass is 127. The predicted molar refractivity (Wildman–Crippen MR) is 210 cm³/mol. The SMILES string of the molecule is O=C(O)CN(CC(=O)N[C@H](CCCCNC(=O)c1cccc(I)c1)C(=O)O)C(=O)CN(CC(=O)O)C(=O)CN(CC(=O)O)C(=O)C1CCC(C(=O)ON2CCCC2=O)CC1. The van der Waals surface area contributed by atoms with Gasteiger partial charge in [0.2, 0.25) is 23.6 Å². The lowest BCUT2D eigenvalue weighted by Gasteiger charge is -2.32. The zero-order valence-corrected chi connectivity index (χ0v) is 34.6. The number of carbonyl (C=O) groups is 11. The molecule has 0 bridgehead atoms. The second kappa shape index (κ2) is 23.6. The fourth-order valence-electron chi connectivity index (χ4n) is 6.51. The van der Waals surface area contributed by atoms with Crippen molar-refractivity contribution in [3.8, 4) is 0 Å². The van der Waals surface area contributed by atoms with Gasteiger partial charge < -0.3 is 50.6 Å². The van der Waals surface area contributed by atoms with Gasteiger partial charge in [-0.25, -0.2) is 9.59 Å². The van der Waals surface area contributed by atoms with Crippen molar-refractivity contribution in [3.05, 3.63) is 33.4 Å². The van der Waals surface area contributed by atoms with E-state index in [-0.39, 0.29) is 69.8 Å². The monoisotopic (exact) mass is 958 g/mol. The normalized spacial score (nSPS) is 16.5. The summed E-state index contributed by atoms with van der Waals surface area (Å²) >= 11 is 2.06. The summed E-state index contributed by atoms with van der Waals surface area (Å²) in [5, 5.41) is 44.0. The Morgan fingerprint density at radius 2 is 1.33 bits per heavy atom. The third kappa shape index (κ3) is 16.1. The van der Waals surface area contributed by atoms with Crippen molar-refractivity contribution < 1.29 is 78.0 Å². The molecule has 0 radical (unpaired) electrons. The molecule has 328 valence electrons. The quantitative estimate of drug-likeness (QED) is 0.0589. The molecule has 1 aromatic rings. The Kier molecular flexibility index (Phi) is 19.1. The van der Waals surface area contributed by atoms with E-state index < -0.39 is 111 Å². The molecule has 23 heteroatoms. The van der Waals surface area contributed by atoms with Crippen LogP contribution in [0.5, 0.6) is 0 Å². The number of hydrogen-bond acceptors (Lipinski definition) is 12. The number of carbonyl (C=O) groups excluding carboxylic acids is 7. The maximum atomic E-state index is 13.5. The topological polar surface area (TPSA) is 315 Å². The molecule has 0 spiro atoms. The summed E-state index contributed by atoms with van der Waals surface area (Å²) in [6, 6.07) is 5.37. The molecule has 1 saturated carbocycles. The Labute approximate surface area is 356 Å².